The first-order valence-corrected chi connectivity index (χ1v) is 7.41. The number of nitrogens with zero attached hydrogens (tertiary/aromatic N) is 1. The molecule has 4 heteroatoms. The summed E-state index contributed by atoms with van der Waals surface area (Å²) in [6.07, 6.45) is 0. The van der Waals surface area contributed by atoms with Crippen LogP contribution in [0.3, 0.4) is 0 Å². The van der Waals surface area contributed by atoms with Crippen LogP contribution in [0.4, 0.5) is 0 Å². The zero-order valence-corrected chi connectivity index (χ0v) is 12.1. The molecule has 0 saturated carbocycles. The van der Waals surface area contributed by atoms with Crippen LogP contribution in [0, 0.1) is 6.92 Å². The van der Waals surface area contributed by atoms with Crippen molar-refractivity contribution in [3.05, 3.63) is 58.6 Å². The van der Waals surface area contributed by atoms with Gasteiger partial charge < -0.3 is 4.98 Å². The lowest BCUT2D eigenvalue weighted by atomic mass is 10.1. The number of aryl methyl sites for hydroxylation is 1. The molecule has 0 fully saturated rings. The minimum absolute atomic E-state index is 0.728. The average molecular weight is 289 g/mol. The van der Waals surface area contributed by atoms with E-state index in [1.165, 1.54) is 11.1 Å². The van der Waals surface area contributed by atoms with Crippen LogP contribution in [0.5, 0.6) is 0 Å². The maximum absolute atomic E-state index is 5.97. The van der Waals surface area contributed by atoms with Gasteiger partial charge in [-0.3, -0.25) is 0 Å². The second-order valence-corrected chi connectivity index (χ2v) is 5.82. The summed E-state index contributed by atoms with van der Waals surface area (Å²) in [5, 5.41) is 1.66. The molecule has 2 nitrogen and oxygen atoms in total. The quantitative estimate of drug-likeness (QED) is 0.700. The second-order valence-electron chi connectivity index (χ2n) is 4.42. The molecule has 2 aromatic carbocycles. The third kappa shape index (κ3) is 2.77. The van der Waals surface area contributed by atoms with Gasteiger partial charge in [-0.1, -0.05) is 47.6 Å². The molecular weight excluding hydrogens is 276 g/mol. The maximum atomic E-state index is 5.97. The normalized spacial score (nSPS) is 11.1. The van der Waals surface area contributed by atoms with Gasteiger partial charge in [0.25, 0.3) is 0 Å². The van der Waals surface area contributed by atoms with Crippen molar-refractivity contribution in [2.75, 3.05) is 0 Å². The molecule has 0 radical (unpaired) electrons. The van der Waals surface area contributed by atoms with E-state index < -0.39 is 0 Å². The minimum Gasteiger partial charge on any atom is -0.333 e. The summed E-state index contributed by atoms with van der Waals surface area (Å²) in [4.78, 5) is 7.84. The number of rotatable bonds is 3. The highest BCUT2D eigenvalue weighted by atomic mass is 35.5. The summed E-state index contributed by atoms with van der Waals surface area (Å²) in [6, 6.07) is 14.1. The number of aromatic nitrogens is 2. The number of hydrogen-bond acceptors (Lipinski definition) is 2. The lowest BCUT2D eigenvalue weighted by Gasteiger charge is -2.02. The molecular formula is C15H13ClN2S. The van der Waals surface area contributed by atoms with Crippen LogP contribution in [-0.4, -0.2) is 9.97 Å². The predicted molar refractivity (Wildman–Crippen MR) is 81.8 cm³/mol. The molecule has 0 aliphatic heterocycles. The Labute approximate surface area is 121 Å². The van der Waals surface area contributed by atoms with Crippen molar-refractivity contribution in [1.29, 1.82) is 0 Å². The zero-order valence-electron chi connectivity index (χ0n) is 10.5. The van der Waals surface area contributed by atoms with Gasteiger partial charge in [-0.2, -0.15) is 0 Å². The van der Waals surface area contributed by atoms with Crippen LogP contribution in [0.1, 0.15) is 11.1 Å². The number of hydrogen-bond donors (Lipinski definition) is 1. The molecule has 0 saturated heterocycles. The molecule has 0 amide bonds. The van der Waals surface area contributed by atoms with E-state index in [0.717, 1.165) is 27.0 Å². The summed E-state index contributed by atoms with van der Waals surface area (Å²) >= 11 is 7.68. The van der Waals surface area contributed by atoms with Gasteiger partial charge >= 0.3 is 0 Å². The highest BCUT2D eigenvalue weighted by Gasteiger charge is 2.05. The summed E-state index contributed by atoms with van der Waals surface area (Å²) in [5.41, 5.74) is 4.59. The SMILES string of the molecule is Cc1ccccc1CSc1nc2ccc(Cl)cc2[nH]1. The van der Waals surface area contributed by atoms with Crippen LogP contribution >= 0.6 is 23.4 Å². The molecule has 0 aliphatic carbocycles. The molecule has 0 aliphatic rings. The highest BCUT2D eigenvalue weighted by molar-refractivity contribution is 7.98. The summed E-state index contributed by atoms with van der Waals surface area (Å²) in [5.74, 6) is 0.917. The van der Waals surface area contributed by atoms with E-state index in [1.54, 1.807) is 11.8 Å². The maximum Gasteiger partial charge on any atom is 0.166 e. The Kier molecular flexibility index (Phi) is 3.49. The lowest BCUT2D eigenvalue weighted by molar-refractivity contribution is 1.08. The average Bonchev–Trinajstić information content (AvgIpc) is 2.79. The molecule has 0 spiro atoms. The minimum atomic E-state index is 0.728. The van der Waals surface area contributed by atoms with E-state index in [-0.39, 0.29) is 0 Å². The predicted octanol–water partition coefficient (Wildman–Crippen LogP) is 4.82. The molecule has 96 valence electrons. The number of benzene rings is 2. The van der Waals surface area contributed by atoms with Gasteiger partial charge in [0, 0.05) is 10.8 Å². The molecule has 0 atom stereocenters. The number of nitrogens with one attached hydrogen (secondary N) is 1. The van der Waals surface area contributed by atoms with Gasteiger partial charge in [0.1, 0.15) is 0 Å². The number of fused-ring (bicyclic) bond motifs is 1. The van der Waals surface area contributed by atoms with Crippen LogP contribution in [0.25, 0.3) is 11.0 Å². The third-order valence-electron chi connectivity index (χ3n) is 3.05. The monoisotopic (exact) mass is 288 g/mol. The van der Waals surface area contributed by atoms with E-state index in [2.05, 4.69) is 41.2 Å². The Balaban J connectivity index is 1.80. The number of thioether (sulfide) groups is 1. The second kappa shape index (κ2) is 5.27. The van der Waals surface area contributed by atoms with Crippen molar-refractivity contribution in [2.24, 2.45) is 0 Å². The number of halogens is 1. The lowest BCUT2D eigenvalue weighted by Crippen LogP contribution is -1.85. The van der Waals surface area contributed by atoms with Crippen molar-refractivity contribution in [2.45, 2.75) is 17.8 Å². The topological polar surface area (TPSA) is 28.7 Å². The molecule has 1 N–H and O–H groups in total. The van der Waals surface area contributed by atoms with E-state index >= 15 is 0 Å². The Morgan fingerprint density at radius 1 is 1.21 bits per heavy atom. The number of H-pyrrole nitrogens is 1. The van der Waals surface area contributed by atoms with Crippen LogP contribution < -0.4 is 0 Å². The van der Waals surface area contributed by atoms with Gasteiger partial charge in [-0.25, -0.2) is 4.98 Å². The highest BCUT2D eigenvalue weighted by Crippen LogP contribution is 2.25. The fourth-order valence-electron chi connectivity index (χ4n) is 1.94. The first kappa shape index (κ1) is 12.6. The van der Waals surface area contributed by atoms with E-state index in [4.69, 9.17) is 11.6 Å². The fourth-order valence-corrected chi connectivity index (χ4v) is 3.08. The van der Waals surface area contributed by atoms with Gasteiger partial charge in [-0.05, 0) is 36.2 Å². The first-order chi connectivity index (χ1) is 9.22. The largest absolute Gasteiger partial charge is 0.333 e. The van der Waals surface area contributed by atoms with Crippen LogP contribution in [0.15, 0.2) is 47.6 Å². The van der Waals surface area contributed by atoms with Gasteiger partial charge in [0.05, 0.1) is 11.0 Å². The van der Waals surface area contributed by atoms with Gasteiger partial charge in [0.15, 0.2) is 5.16 Å². The molecule has 3 aromatic rings. The number of aromatic amines is 1. The van der Waals surface area contributed by atoms with E-state index in [1.807, 2.05) is 18.2 Å². The van der Waals surface area contributed by atoms with Crippen molar-refractivity contribution in [3.8, 4) is 0 Å². The molecule has 0 unspecified atom stereocenters. The number of imidazole rings is 1. The third-order valence-corrected chi connectivity index (χ3v) is 4.21. The van der Waals surface area contributed by atoms with Crippen molar-refractivity contribution in [1.82, 2.24) is 9.97 Å². The smallest absolute Gasteiger partial charge is 0.166 e. The summed E-state index contributed by atoms with van der Waals surface area (Å²) < 4.78 is 0. The van der Waals surface area contributed by atoms with Crippen molar-refractivity contribution >= 4 is 34.4 Å². The Morgan fingerprint density at radius 3 is 2.89 bits per heavy atom. The molecule has 3 rings (SSSR count). The molecule has 0 bridgehead atoms. The van der Waals surface area contributed by atoms with Crippen LogP contribution in [0.2, 0.25) is 5.02 Å². The van der Waals surface area contributed by atoms with Crippen molar-refractivity contribution in [3.63, 3.8) is 0 Å². The Morgan fingerprint density at radius 2 is 2.05 bits per heavy atom. The molecule has 19 heavy (non-hydrogen) atoms. The molecule has 1 heterocycles. The fraction of sp³-hybridized carbons (Fsp3) is 0.133. The summed E-state index contributed by atoms with van der Waals surface area (Å²) in [7, 11) is 0. The molecule has 1 aromatic heterocycles. The van der Waals surface area contributed by atoms with Crippen LogP contribution in [-0.2, 0) is 5.75 Å². The van der Waals surface area contributed by atoms with E-state index in [9.17, 15) is 0 Å². The van der Waals surface area contributed by atoms with Gasteiger partial charge in [0.2, 0.25) is 0 Å². The van der Waals surface area contributed by atoms with Gasteiger partial charge in [-0.15, -0.1) is 0 Å². The first-order valence-electron chi connectivity index (χ1n) is 6.05. The summed E-state index contributed by atoms with van der Waals surface area (Å²) in [6.45, 7) is 2.13. The Hall–Kier alpha value is -1.45. The standard InChI is InChI=1S/C15H13ClN2S/c1-10-4-2-3-5-11(10)9-19-15-17-13-7-6-12(16)8-14(13)18-15/h2-8H,9H2,1H3,(H,17,18). The van der Waals surface area contributed by atoms with E-state index in [0.29, 0.717) is 0 Å². The Bertz CT molecular complexity index is 721. The zero-order chi connectivity index (χ0) is 13.2. The van der Waals surface area contributed by atoms with Crippen molar-refractivity contribution < 1.29 is 0 Å².